The normalized spacial score (nSPS) is 14.6. The molecule has 5 rings (SSSR count). The topological polar surface area (TPSA) is 93.2 Å². The molecule has 188 valence electrons. The summed E-state index contributed by atoms with van der Waals surface area (Å²) in [5, 5.41) is 8.21. The molecule has 9 nitrogen and oxygen atoms in total. The highest BCUT2D eigenvalue weighted by molar-refractivity contribution is 6.29. The van der Waals surface area contributed by atoms with E-state index in [9.17, 15) is 13.6 Å². The number of nitrogens with zero attached hydrogens (tertiary/aromatic N) is 7. The minimum absolute atomic E-state index is 0.0648. The van der Waals surface area contributed by atoms with E-state index >= 15 is 0 Å². The van der Waals surface area contributed by atoms with Gasteiger partial charge in [0.15, 0.2) is 5.58 Å². The first-order valence-corrected chi connectivity index (χ1v) is 11.8. The van der Waals surface area contributed by atoms with Crippen LogP contribution >= 0.6 is 11.6 Å². The lowest BCUT2D eigenvalue weighted by atomic mass is 9.97. The molecule has 0 bridgehead atoms. The number of hydrogen-bond donors (Lipinski definition) is 0. The first-order chi connectivity index (χ1) is 17.1. The Bertz CT molecular complexity index is 1420. The van der Waals surface area contributed by atoms with Gasteiger partial charge in [-0.1, -0.05) is 37.6 Å². The minimum atomic E-state index is -0.863. The molecule has 4 aromatic rings. The van der Waals surface area contributed by atoms with Crippen molar-refractivity contribution in [3.8, 4) is 11.3 Å². The molecule has 0 unspecified atom stereocenters. The summed E-state index contributed by atoms with van der Waals surface area (Å²) in [6.45, 7) is 8.15. The van der Waals surface area contributed by atoms with Gasteiger partial charge in [0.2, 0.25) is 5.65 Å². The maximum atomic E-state index is 15.0. The number of piperazine rings is 1. The Morgan fingerprint density at radius 2 is 1.78 bits per heavy atom. The molecule has 1 fully saturated rings. The summed E-state index contributed by atoms with van der Waals surface area (Å²) < 4.78 is 37.2. The van der Waals surface area contributed by atoms with Crippen molar-refractivity contribution < 1.29 is 18.0 Å². The molecular weight excluding hydrogens is 492 g/mol. The molecule has 0 N–H and O–H groups in total. The molecule has 1 aliphatic heterocycles. The van der Waals surface area contributed by atoms with Crippen LogP contribution in [0.2, 0.25) is 5.15 Å². The number of hydrogen-bond acceptors (Lipinski definition) is 7. The van der Waals surface area contributed by atoms with Gasteiger partial charge >= 0.3 is 0 Å². The maximum absolute atomic E-state index is 15.0. The Hall–Kier alpha value is -3.60. The highest BCUT2D eigenvalue weighted by atomic mass is 35.5. The molecule has 3 aromatic heterocycles. The zero-order valence-electron chi connectivity index (χ0n) is 20.0. The molecule has 1 aliphatic rings. The van der Waals surface area contributed by atoms with Crippen molar-refractivity contribution in [3.63, 3.8) is 0 Å². The summed E-state index contributed by atoms with van der Waals surface area (Å²) in [5.41, 5.74) is 0.549. The van der Waals surface area contributed by atoms with E-state index in [1.807, 2.05) is 25.7 Å². The summed E-state index contributed by atoms with van der Waals surface area (Å²) in [6, 6.07) is 5.79. The van der Waals surface area contributed by atoms with E-state index in [1.165, 1.54) is 6.20 Å². The monoisotopic (exact) mass is 515 g/mol. The third-order valence-corrected chi connectivity index (χ3v) is 5.98. The fraction of sp³-hybridized carbons (Fsp3) is 0.375. The molecule has 1 saturated heterocycles. The van der Waals surface area contributed by atoms with Crippen molar-refractivity contribution in [2.75, 3.05) is 31.1 Å². The Balaban J connectivity index is 1.28. The average molecular weight is 516 g/mol. The van der Waals surface area contributed by atoms with Crippen LogP contribution in [0, 0.1) is 17.0 Å². The first kappa shape index (κ1) is 24.1. The zero-order chi connectivity index (χ0) is 25.6. The number of carbonyl (C=O) groups is 1. The maximum Gasteiger partial charge on any atom is 0.300 e. The minimum Gasteiger partial charge on any atom is -0.422 e. The van der Waals surface area contributed by atoms with Crippen LogP contribution in [-0.4, -0.2) is 61.9 Å². The number of rotatable bonds is 4. The Morgan fingerprint density at radius 3 is 2.44 bits per heavy atom. The molecule has 0 atom stereocenters. The summed E-state index contributed by atoms with van der Waals surface area (Å²) in [6.07, 6.45) is 1.50. The van der Waals surface area contributed by atoms with Gasteiger partial charge in [0.25, 0.3) is 11.9 Å². The summed E-state index contributed by atoms with van der Waals surface area (Å²) >= 11 is 5.91. The second-order valence-corrected chi connectivity index (χ2v) is 10.3. The number of amides is 1. The van der Waals surface area contributed by atoms with Gasteiger partial charge in [0, 0.05) is 38.3 Å². The molecule has 0 radical (unpaired) electrons. The number of oxazole rings is 1. The lowest BCUT2D eigenvalue weighted by Gasteiger charge is -2.33. The predicted molar refractivity (Wildman–Crippen MR) is 130 cm³/mol. The second kappa shape index (κ2) is 9.12. The lowest BCUT2D eigenvalue weighted by Crippen LogP contribution is -2.49. The molecule has 36 heavy (non-hydrogen) atoms. The number of carbonyl (C=O) groups excluding carboxylic acids is 1. The van der Waals surface area contributed by atoms with Gasteiger partial charge in [-0.3, -0.25) is 9.48 Å². The Labute approximate surface area is 210 Å². The van der Waals surface area contributed by atoms with Crippen LogP contribution in [0.15, 0.2) is 34.9 Å². The molecule has 0 aliphatic carbocycles. The highest BCUT2D eigenvalue weighted by Gasteiger charge is 2.27. The number of halogens is 3. The molecule has 1 amide bonds. The third kappa shape index (κ3) is 4.88. The molecule has 0 saturated carbocycles. The van der Waals surface area contributed by atoms with Gasteiger partial charge in [-0.2, -0.15) is 4.98 Å². The van der Waals surface area contributed by atoms with Crippen LogP contribution in [0.25, 0.3) is 22.5 Å². The average Bonchev–Trinajstić information content (AvgIpc) is 3.43. The van der Waals surface area contributed by atoms with Crippen molar-refractivity contribution in [1.29, 1.82) is 0 Å². The largest absolute Gasteiger partial charge is 0.422 e. The molecule has 4 heterocycles. The van der Waals surface area contributed by atoms with E-state index in [-0.39, 0.29) is 22.2 Å². The van der Waals surface area contributed by atoms with Gasteiger partial charge < -0.3 is 14.2 Å². The van der Waals surface area contributed by atoms with Crippen molar-refractivity contribution in [2.24, 2.45) is 5.41 Å². The van der Waals surface area contributed by atoms with Crippen LogP contribution in [0.4, 0.5) is 14.8 Å². The lowest BCUT2D eigenvalue weighted by molar-refractivity contribution is 0.0744. The summed E-state index contributed by atoms with van der Waals surface area (Å²) in [4.78, 5) is 24.9. The van der Waals surface area contributed by atoms with E-state index < -0.39 is 17.5 Å². The SMILES string of the molecule is CC(C)(C)Cn1cc(-c2c(F)cc(C(=O)N3CCN(c4nc5nc(Cl)ccc5o4)CC3)cc2F)nn1. The standard InChI is InChI=1S/C24H24ClF2N7O2/c1-24(2,3)13-34-12-17(30-31-34)20-15(26)10-14(11-16(20)27)22(35)32-6-8-33(9-7-32)23-29-21-18(36-23)4-5-19(25)28-21/h4-5,10-12H,6-9,13H2,1-3H3. The van der Waals surface area contributed by atoms with Crippen molar-refractivity contribution in [2.45, 2.75) is 27.3 Å². The van der Waals surface area contributed by atoms with Crippen molar-refractivity contribution >= 4 is 34.8 Å². The number of fused-ring (bicyclic) bond motifs is 1. The fourth-order valence-electron chi connectivity index (χ4n) is 4.12. The van der Waals surface area contributed by atoms with Gasteiger partial charge in [-0.05, 0) is 29.7 Å². The number of anilines is 1. The van der Waals surface area contributed by atoms with E-state index in [1.54, 1.807) is 21.7 Å². The third-order valence-electron chi connectivity index (χ3n) is 5.77. The smallest absolute Gasteiger partial charge is 0.300 e. The quantitative estimate of drug-likeness (QED) is 0.371. The molecule has 1 aromatic carbocycles. The van der Waals surface area contributed by atoms with Crippen LogP contribution in [0.5, 0.6) is 0 Å². The van der Waals surface area contributed by atoms with Crippen molar-refractivity contribution in [1.82, 2.24) is 29.9 Å². The Kier molecular flexibility index (Phi) is 6.11. The predicted octanol–water partition coefficient (Wildman–Crippen LogP) is 4.42. The van der Waals surface area contributed by atoms with E-state index in [4.69, 9.17) is 16.0 Å². The van der Waals surface area contributed by atoms with Gasteiger partial charge in [-0.15, -0.1) is 5.10 Å². The van der Waals surface area contributed by atoms with Gasteiger partial charge in [0.1, 0.15) is 22.5 Å². The second-order valence-electron chi connectivity index (χ2n) is 9.91. The molecular formula is C24H24ClF2N7O2. The van der Waals surface area contributed by atoms with Crippen LogP contribution < -0.4 is 4.90 Å². The van der Waals surface area contributed by atoms with Crippen LogP contribution in [0.3, 0.4) is 0 Å². The Morgan fingerprint density at radius 1 is 1.08 bits per heavy atom. The number of aromatic nitrogens is 5. The van der Waals surface area contributed by atoms with Crippen LogP contribution in [0.1, 0.15) is 31.1 Å². The van der Waals surface area contributed by atoms with Gasteiger partial charge in [0.05, 0.1) is 11.8 Å². The van der Waals surface area contributed by atoms with Crippen molar-refractivity contribution in [3.05, 3.63) is 52.8 Å². The molecule has 12 heteroatoms. The van der Waals surface area contributed by atoms with E-state index in [2.05, 4.69) is 20.3 Å². The summed E-state index contributed by atoms with van der Waals surface area (Å²) in [5.74, 6) is -2.18. The molecule has 0 spiro atoms. The highest BCUT2D eigenvalue weighted by Crippen LogP contribution is 2.28. The van der Waals surface area contributed by atoms with Crippen LogP contribution in [-0.2, 0) is 6.54 Å². The van der Waals surface area contributed by atoms with Gasteiger partial charge in [-0.25, -0.2) is 13.8 Å². The summed E-state index contributed by atoms with van der Waals surface area (Å²) in [7, 11) is 0. The van der Waals surface area contributed by atoms with E-state index in [0.29, 0.717) is 55.1 Å². The number of benzene rings is 1. The fourth-order valence-corrected chi connectivity index (χ4v) is 4.26. The zero-order valence-corrected chi connectivity index (χ0v) is 20.8. The first-order valence-electron chi connectivity index (χ1n) is 11.4. The van der Waals surface area contributed by atoms with E-state index in [0.717, 1.165) is 12.1 Å². The number of pyridine rings is 1.